The van der Waals surface area contributed by atoms with E-state index in [4.69, 9.17) is 14.8 Å². The molecule has 0 radical (unpaired) electrons. The van der Waals surface area contributed by atoms with E-state index in [2.05, 4.69) is 43.5 Å². The first-order chi connectivity index (χ1) is 27.4. The van der Waals surface area contributed by atoms with Crippen molar-refractivity contribution in [2.24, 2.45) is 5.73 Å². The molecule has 0 aliphatic rings. The van der Waals surface area contributed by atoms with Gasteiger partial charge in [0.25, 0.3) is 0 Å². The fourth-order valence-corrected chi connectivity index (χ4v) is 7.63. The van der Waals surface area contributed by atoms with Gasteiger partial charge in [0.2, 0.25) is 5.91 Å². The summed E-state index contributed by atoms with van der Waals surface area (Å²) in [6.45, 7) is 4.13. The Hall–Kier alpha value is -1.28. The van der Waals surface area contributed by atoms with E-state index in [0.29, 0.717) is 6.42 Å². The predicted molar refractivity (Wildman–Crippen MR) is 240 cm³/mol. The number of nitrogens with one attached hydrogen (secondary N) is 1. The van der Waals surface area contributed by atoms with E-state index in [1.807, 2.05) is 6.08 Å². The molecule has 0 saturated heterocycles. The molecule has 330 valence electrons. The number of allylic oxidation sites excluding steroid dienone is 5. The van der Waals surface area contributed by atoms with Gasteiger partial charge in [-0.2, -0.15) is 0 Å². The maximum absolute atomic E-state index is 12.8. The van der Waals surface area contributed by atoms with E-state index < -0.39 is 20.0 Å². The van der Waals surface area contributed by atoms with Crippen LogP contribution in [0, 0.1) is 0 Å². The van der Waals surface area contributed by atoms with E-state index in [1.54, 1.807) is 6.08 Å². The van der Waals surface area contributed by atoms with Crippen molar-refractivity contribution in [3.05, 3.63) is 36.5 Å². The summed E-state index contributed by atoms with van der Waals surface area (Å²) in [6, 6.07) is -0.860. The minimum absolute atomic E-state index is 0.0782. The quantitative estimate of drug-likeness (QED) is 0.0274. The molecule has 0 spiro atoms. The van der Waals surface area contributed by atoms with Gasteiger partial charge in [0, 0.05) is 13.0 Å². The highest BCUT2D eigenvalue weighted by Crippen LogP contribution is 2.43. The monoisotopic (exact) mass is 811 g/mol. The van der Waals surface area contributed by atoms with Crippen LogP contribution in [0.4, 0.5) is 0 Å². The third kappa shape index (κ3) is 40.9. The lowest BCUT2D eigenvalue weighted by molar-refractivity contribution is -0.123. The van der Waals surface area contributed by atoms with Crippen molar-refractivity contribution < 1.29 is 28.4 Å². The number of nitrogens with two attached hydrogens (primary N) is 1. The first-order valence-electron chi connectivity index (χ1n) is 23.6. The summed E-state index contributed by atoms with van der Waals surface area (Å²) >= 11 is 0. The molecule has 0 aromatic carbocycles. The third-order valence-corrected chi connectivity index (χ3v) is 11.4. The summed E-state index contributed by atoms with van der Waals surface area (Å²) in [5.41, 5.74) is 5.38. The Morgan fingerprint density at radius 2 is 0.982 bits per heavy atom. The second-order valence-electron chi connectivity index (χ2n) is 16.0. The van der Waals surface area contributed by atoms with Crippen molar-refractivity contribution in [1.82, 2.24) is 5.32 Å². The third-order valence-electron chi connectivity index (χ3n) is 10.5. The van der Waals surface area contributed by atoms with Gasteiger partial charge in [0.05, 0.1) is 25.4 Å². The molecular weight excluding hydrogens is 719 g/mol. The number of phosphoric ester groups is 1. The van der Waals surface area contributed by atoms with Crippen molar-refractivity contribution >= 4 is 13.7 Å². The fraction of sp³-hybridized carbons (Fsp3) is 0.851. The van der Waals surface area contributed by atoms with Crippen molar-refractivity contribution in [3.63, 3.8) is 0 Å². The zero-order valence-corrected chi connectivity index (χ0v) is 37.5. The Bertz CT molecular complexity index is 974. The highest BCUT2D eigenvalue weighted by atomic mass is 31.2. The van der Waals surface area contributed by atoms with Crippen LogP contribution in [0.15, 0.2) is 36.5 Å². The molecule has 0 rings (SSSR count). The fourth-order valence-electron chi connectivity index (χ4n) is 6.87. The van der Waals surface area contributed by atoms with Crippen molar-refractivity contribution in [2.75, 3.05) is 19.8 Å². The Morgan fingerprint density at radius 1 is 0.589 bits per heavy atom. The second kappa shape index (κ2) is 43.3. The minimum Gasteiger partial charge on any atom is -0.387 e. The summed E-state index contributed by atoms with van der Waals surface area (Å²) in [5.74, 6) is -0.196. The van der Waals surface area contributed by atoms with E-state index >= 15 is 0 Å². The van der Waals surface area contributed by atoms with Crippen molar-refractivity contribution in [3.8, 4) is 0 Å². The number of hydrogen-bond acceptors (Lipinski definition) is 6. The van der Waals surface area contributed by atoms with Gasteiger partial charge in [-0.05, 0) is 51.4 Å². The normalized spacial score (nSPS) is 14.3. The van der Waals surface area contributed by atoms with Crippen LogP contribution < -0.4 is 11.1 Å². The van der Waals surface area contributed by atoms with Crippen LogP contribution in [0.3, 0.4) is 0 Å². The SMILES string of the molecule is CCCCCCC/C=C\C/C=C\CCCCCCCCCCCCCC(=O)NC(COP(=O)(O)OCCN)C(O)/C=C/CCCCCCCCCCCCCC. The molecule has 0 heterocycles. The molecule has 5 N–H and O–H groups in total. The Balaban J connectivity index is 4.10. The highest BCUT2D eigenvalue weighted by Gasteiger charge is 2.26. The number of amides is 1. The van der Waals surface area contributed by atoms with E-state index in [0.717, 1.165) is 44.9 Å². The molecule has 0 aliphatic carbocycles. The molecule has 0 aromatic rings. The second-order valence-corrected chi connectivity index (χ2v) is 17.4. The molecule has 0 saturated carbocycles. The Kier molecular flexibility index (Phi) is 42.3. The minimum atomic E-state index is -4.34. The number of carbonyl (C=O) groups excluding carboxylic acids is 1. The van der Waals surface area contributed by atoms with Crippen LogP contribution in [0.5, 0.6) is 0 Å². The lowest BCUT2D eigenvalue weighted by atomic mass is 10.0. The number of rotatable bonds is 44. The molecule has 3 unspecified atom stereocenters. The molecule has 56 heavy (non-hydrogen) atoms. The van der Waals surface area contributed by atoms with Gasteiger partial charge >= 0.3 is 7.82 Å². The van der Waals surface area contributed by atoms with Gasteiger partial charge in [0.15, 0.2) is 0 Å². The number of phosphoric acid groups is 1. The maximum Gasteiger partial charge on any atom is 0.472 e. The zero-order valence-electron chi connectivity index (χ0n) is 36.6. The van der Waals surface area contributed by atoms with Crippen LogP contribution >= 0.6 is 7.82 Å². The average molecular weight is 811 g/mol. The van der Waals surface area contributed by atoms with E-state index in [1.165, 1.54) is 161 Å². The number of aliphatic hydroxyl groups is 1. The molecule has 1 amide bonds. The van der Waals surface area contributed by atoms with Crippen LogP contribution in [0.25, 0.3) is 0 Å². The molecule has 0 bridgehead atoms. The van der Waals surface area contributed by atoms with Crippen LogP contribution in [0.2, 0.25) is 0 Å². The van der Waals surface area contributed by atoms with E-state index in [9.17, 15) is 19.4 Å². The Labute approximate surface area is 346 Å². The standard InChI is InChI=1S/C47H91N2O6P/c1-3-5-7-9-11-13-15-17-19-20-21-22-23-24-25-26-27-29-31-33-35-37-39-41-47(51)49-45(44-55-56(52,53)54-43-42-48)46(50)40-38-36-34-32-30-28-18-16-14-12-10-8-6-4-2/h15,17,20-21,38,40,45-46,50H,3-14,16,18-19,22-37,39,41-44,48H2,1-2H3,(H,49,51)(H,52,53)/b17-15-,21-20-,40-38+. The van der Waals surface area contributed by atoms with Gasteiger partial charge in [-0.1, -0.05) is 204 Å². The smallest absolute Gasteiger partial charge is 0.387 e. The van der Waals surface area contributed by atoms with Gasteiger partial charge in [-0.25, -0.2) is 4.57 Å². The summed E-state index contributed by atoms with van der Waals surface area (Å²) in [4.78, 5) is 22.7. The number of aliphatic hydroxyl groups excluding tert-OH is 1. The lowest BCUT2D eigenvalue weighted by Gasteiger charge is -2.23. The highest BCUT2D eigenvalue weighted by molar-refractivity contribution is 7.47. The molecule has 9 heteroatoms. The largest absolute Gasteiger partial charge is 0.472 e. The summed E-state index contributed by atoms with van der Waals surface area (Å²) in [7, 11) is -4.34. The summed E-state index contributed by atoms with van der Waals surface area (Å²) in [5, 5.41) is 13.7. The molecule has 0 aromatic heterocycles. The van der Waals surface area contributed by atoms with Crippen LogP contribution in [-0.4, -0.2) is 47.8 Å². The van der Waals surface area contributed by atoms with Gasteiger partial charge in [-0.15, -0.1) is 0 Å². The van der Waals surface area contributed by atoms with Crippen LogP contribution in [0.1, 0.15) is 226 Å². The predicted octanol–water partition coefficient (Wildman–Crippen LogP) is 13.5. The van der Waals surface area contributed by atoms with Crippen LogP contribution in [-0.2, 0) is 18.4 Å². The number of carbonyl (C=O) groups is 1. The first kappa shape index (κ1) is 54.7. The van der Waals surface area contributed by atoms with Gasteiger partial charge in [-0.3, -0.25) is 13.8 Å². The Morgan fingerprint density at radius 3 is 1.41 bits per heavy atom. The van der Waals surface area contributed by atoms with Gasteiger partial charge in [0.1, 0.15) is 0 Å². The first-order valence-corrected chi connectivity index (χ1v) is 25.1. The van der Waals surface area contributed by atoms with Crippen molar-refractivity contribution in [2.45, 2.75) is 238 Å². The molecule has 8 nitrogen and oxygen atoms in total. The number of unbranched alkanes of at least 4 members (excludes halogenated alkanes) is 28. The molecule has 0 fully saturated rings. The van der Waals surface area contributed by atoms with Crippen molar-refractivity contribution in [1.29, 1.82) is 0 Å². The lowest BCUT2D eigenvalue weighted by Crippen LogP contribution is -2.45. The topological polar surface area (TPSA) is 131 Å². The molecule has 0 aliphatic heterocycles. The summed E-state index contributed by atoms with van der Waals surface area (Å²) < 4.78 is 22.1. The molecular formula is C47H91N2O6P. The number of hydrogen-bond donors (Lipinski definition) is 4. The average Bonchev–Trinajstić information content (AvgIpc) is 3.19. The zero-order chi connectivity index (χ0) is 41.1. The maximum atomic E-state index is 12.8. The summed E-state index contributed by atoms with van der Waals surface area (Å²) in [6.07, 6.45) is 51.9. The van der Waals surface area contributed by atoms with E-state index in [-0.39, 0.29) is 25.7 Å². The van der Waals surface area contributed by atoms with Gasteiger partial charge < -0.3 is 21.1 Å². The molecule has 3 atom stereocenters.